The number of halogens is 2. The summed E-state index contributed by atoms with van der Waals surface area (Å²) in [6, 6.07) is 18.1. The number of fused-ring (bicyclic) bond motifs is 1. The van der Waals surface area contributed by atoms with Crippen LogP contribution >= 0.6 is 11.6 Å². The Morgan fingerprint density at radius 1 is 1.08 bits per heavy atom. The summed E-state index contributed by atoms with van der Waals surface area (Å²) in [5.74, 6) is 0.0634. The zero-order valence-electron chi connectivity index (χ0n) is 22.5. The first kappa shape index (κ1) is 26.9. The van der Waals surface area contributed by atoms with Gasteiger partial charge in [0.05, 0.1) is 17.2 Å². The fourth-order valence-corrected chi connectivity index (χ4v) is 5.90. The summed E-state index contributed by atoms with van der Waals surface area (Å²) in [6.07, 6.45) is 0.718. The van der Waals surface area contributed by atoms with Crippen molar-refractivity contribution in [2.24, 2.45) is 7.05 Å². The Bertz CT molecular complexity index is 1630. The maximum Gasteiger partial charge on any atom is 0.270 e. The molecule has 0 saturated carbocycles. The van der Waals surface area contributed by atoms with E-state index < -0.39 is 0 Å². The molecule has 1 aliphatic heterocycles. The van der Waals surface area contributed by atoms with E-state index in [0.29, 0.717) is 35.0 Å². The number of anilines is 1. The predicted molar refractivity (Wildman–Crippen MR) is 155 cm³/mol. The van der Waals surface area contributed by atoms with Gasteiger partial charge >= 0.3 is 0 Å². The van der Waals surface area contributed by atoms with Gasteiger partial charge < -0.3 is 14.3 Å². The van der Waals surface area contributed by atoms with Crippen molar-refractivity contribution in [1.82, 2.24) is 14.5 Å². The van der Waals surface area contributed by atoms with Crippen LogP contribution in [0.3, 0.4) is 0 Å². The van der Waals surface area contributed by atoms with Crippen LogP contribution in [0.5, 0.6) is 0 Å². The molecule has 1 saturated heterocycles. The molecule has 0 N–H and O–H groups in total. The van der Waals surface area contributed by atoms with E-state index in [1.165, 1.54) is 6.07 Å². The van der Waals surface area contributed by atoms with Gasteiger partial charge in [0.2, 0.25) is 5.52 Å². The standard InChI is InChI=1S/C31H31ClFN5O/c1-6-21-15-24(33)11-12-25(21)31(22-7-9-23(32)10-8-22)38-18-19(2)37(17-20(38)3)27-16-29(39)36(5)26-13-14-28(34-4)35-30(26)27/h7-16,19-20,31H,6,17-18H2,1-3,5H3/t19-,20+,31?/m0/s1. The lowest BCUT2D eigenvalue weighted by atomic mass is 9.89. The lowest BCUT2D eigenvalue weighted by Gasteiger charge is -2.48. The molecule has 6 nitrogen and oxygen atoms in total. The largest absolute Gasteiger partial charge is 0.362 e. The van der Waals surface area contributed by atoms with Crippen LogP contribution in [-0.4, -0.2) is 39.6 Å². The fraction of sp³-hybridized carbons (Fsp3) is 0.323. The number of nitrogens with zero attached hydrogens (tertiary/aromatic N) is 5. The minimum absolute atomic E-state index is 0.0372. The van der Waals surface area contributed by atoms with Crippen molar-refractivity contribution < 1.29 is 4.39 Å². The van der Waals surface area contributed by atoms with Crippen molar-refractivity contribution in [3.63, 3.8) is 0 Å². The van der Waals surface area contributed by atoms with Crippen LogP contribution in [0, 0.1) is 12.4 Å². The van der Waals surface area contributed by atoms with Crippen LogP contribution in [0.15, 0.2) is 65.5 Å². The Kier molecular flexibility index (Phi) is 7.44. The quantitative estimate of drug-likeness (QED) is 0.269. The molecule has 2 aromatic heterocycles. The van der Waals surface area contributed by atoms with Crippen molar-refractivity contribution in [3.8, 4) is 0 Å². The lowest BCUT2D eigenvalue weighted by molar-refractivity contribution is 0.129. The molecule has 8 heteroatoms. The molecule has 1 aliphatic rings. The minimum Gasteiger partial charge on any atom is -0.362 e. The Hall–Kier alpha value is -3.73. The smallest absolute Gasteiger partial charge is 0.270 e. The molecular formula is C31H31ClFN5O. The average molecular weight is 544 g/mol. The van der Waals surface area contributed by atoms with Gasteiger partial charge in [-0.05, 0) is 73.4 Å². The third-order valence-corrected chi connectivity index (χ3v) is 8.06. The van der Waals surface area contributed by atoms with Gasteiger partial charge in [0.15, 0.2) is 0 Å². The molecule has 0 aliphatic carbocycles. The van der Waals surface area contributed by atoms with E-state index in [2.05, 4.69) is 33.5 Å². The number of aryl methyl sites for hydroxylation is 2. The third-order valence-electron chi connectivity index (χ3n) is 7.81. The summed E-state index contributed by atoms with van der Waals surface area (Å²) in [5.41, 5.74) is 5.13. The Morgan fingerprint density at radius 3 is 2.51 bits per heavy atom. The van der Waals surface area contributed by atoms with E-state index in [-0.39, 0.29) is 29.5 Å². The second-order valence-corrected chi connectivity index (χ2v) is 10.7. The number of benzene rings is 2. The fourth-order valence-electron chi connectivity index (χ4n) is 5.77. The molecule has 0 amide bonds. The maximum absolute atomic E-state index is 14.2. The van der Waals surface area contributed by atoms with Crippen LogP contribution in [0.25, 0.3) is 15.9 Å². The highest BCUT2D eigenvalue weighted by Crippen LogP contribution is 2.38. The lowest BCUT2D eigenvalue weighted by Crippen LogP contribution is -2.57. The molecular weight excluding hydrogens is 513 g/mol. The van der Waals surface area contributed by atoms with Gasteiger partial charge in [-0.25, -0.2) is 4.39 Å². The van der Waals surface area contributed by atoms with Crippen LogP contribution in [0.2, 0.25) is 5.02 Å². The van der Waals surface area contributed by atoms with Crippen molar-refractivity contribution >= 4 is 34.1 Å². The average Bonchev–Trinajstić information content (AvgIpc) is 2.94. The molecule has 1 unspecified atom stereocenters. The molecule has 2 aromatic carbocycles. The van der Waals surface area contributed by atoms with Crippen LogP contribution in [-0.2, 0) is 13.5 Å². The van der Waals surface area contributed by atoms with Gasteiger partial charge in [-0.1, -0.05) is 43.3 Å². The van der Waals surface area contributed by atoms with Gasteiger partial charge in [-0.15, -0.1) is 4.98 Å². The second-order valence-electron chi connectivity index (χ2n) is 10.3. The van der Waals surface area contributed by atoms with Crippen molar-refractivity contribution in [3.05, 3.63) is 110 Å². The van der Waals surface area contributed by atoms with E-state index in [9.17, 15) is 9.18 Å². The second kappa shape index (κ2) is 10.8. The normalized spacial score (nSPS) is 18.7. The molecule has 4 aromatic rings. The van der Waals surface area contributed by atoms with E-state index in [4.69, 9.17) is 18.2 Å². The number of piperazine rings is 1. The molecule has 0 bridgehead atoms. The first-order valence-corrected chi connectivity index (χ1v) is 13.5. The highest BCUT2D eigenvalue weighted by molar-refractivity contribution is 6.30. The molecule has 200 valence electrons. The van der Waals surface area contributed by atoms with Gasteiger partial charge in [0.25, 0.3) is 11.4 Å². The number of rotatable bonds is 5. The van der Waals surface area contributed by atoms with Crippen LogP contribution < -0.4 is 10.5 Å². The van der Waals surface area contributed by atoms with Gasteiger partial charge in [-0.3, -0.25) is 9.69 Å². The Morgan fingerprint density at radius 2 is 1.82 bits per heavy atom. The molecule has 39 heavy (non-hydrogen) atoms. The summed E-state index contributed by atoms with van der Waals surface area (Å²) in [4.78, 5) is 25.7. The van der Waals surface area contributed by atoms with Crippen LogP contribution in [0.4, 0.5) is 15.9 Å². The summed E-state index contributed by atoms with van der Waals surface area (Å²) in [6.45, 7) is 15.2. The third kappa shape index (κ3) is 5.03. The van der Waals surface area contributed by atoms with Crippen molar-refractivity contribution in [2.75, 3.05) is 18.0 Å². The van der Waals surface area contributed by atoms with Gasteiger partial charge in [-0.2, -0.15) is 0 Å². The van der Waals surface area contributed by atoms with E-state index >= 15 is 0 Å². The van der Waals surface area contributed by atoms with E-state index in [1.807, 2.05) is 37.3 Å². The number of hydrogen-bond acceptors (Lipinski definition) is 4. The van der Waals surface area contributed by atoms with Gasteiger partial charge in [0, 0.05) is 43.3 Å². The van der Waals surface area contributed by atoms with E-state index in [1.54, 1.807) is 35.9 Å². The monoisotopic (exact) mass is 543 g/mol. The molecule has 5 rings (SSSR count). The van der Waals surface area contributed by atoms with Crippen molar-refractivity contribution in [2.45, 2.75) is 45.3 Å². The summed E-state index contributed by atoms with van der Waals surface area (Å²) in [7, 11) is 1.72. The van der Waals surface area contributed by atoms with Crippen molar-refractivity contribution in [1.29, 1.82) is 0 Å². The van der Waals surface area contributed by atoms with E-state index in [0.717, 1.165) is 28.8 Å². The SMILES string of the molecule is [C-]#[N+]c1ccc2c(n1)c(N1C[C@@H](C)N(C(c3ccc(Cl)cc3)c3ccc(F)cc3CC)C[C@@H]1C)cc(=O)n2C. The summed E-state index contributed by atoms with van der Waals surface area (Å²) in [5, 5.41) is 0.669. The van der Waals surface area contributed by atoms with Gasteiger partial charge in [0.1, 0.15) is 5.82 Å². The number of hydrogen-bond donors (Lipinski definition) is 0. The number of pyridine rings is 2. The summed E-state index contributed by atoms with van der Waals surface area (Å²) < 4.78 is 15.8. The Labute approximate surface area is 233 Å². The first-order valence-electron chi connectivity index (χ1n) is 13.2. The molecule has 3 atom stereocenters. The molecule has 0 spiro atoms. The Balaban J connectivity index is 1.58. The molecule has 1 fully saturated rings. The minimum atomic E-state index is -0.236. The topological polar surface area (TPSA) is 45.7 Å². The first-order chi connectivity index (χ1) is 18.7. The molecule has 3 heterocycles. The zero-order valence-corrected chi connectivity index (χ0v) is 23.3. The highest BCUT2D eigenvalue weighted by atomic mass is 35.5. The highest BCUT2D eigenvalue weighted by Gasteiger charge is 2.37. The zero-order chi connectivity index (χ0) is 27.8. The summed E-state index contributed by atoms with van der Waals surface area (Å²) >= 11 is 6.24. The number of aromatic nitrogens is 2. The predicted octanol–water partition coefficient (Wildman–Crippen LogP) is 6.53. The maximum atomic E-state index is 14.2. The van der Waals surface area contributed by atoms with Crippen LogP contribution in [0.1, 0.15) is 43.5 Å². The molecule has 0 radical (unpaired) electrons.